The number of carbonyl (C=O) groups is 1. The zero-order valence-corrected chi connectivity index (χ0v) is 22.6. The highest BCUT2D eigenvalue weighted by atomic mass is 35.5. The lowest BCUT2D eigenvalue weighted by molar-refractivity contribution is -0.128. The van der Waals surface area contributed by atoms with E-state index in [0.29, 0.717) is 65.4 Å². The van der Waals surface area contributed by atoms with Gasteiger partial charge in [-0.25, -0.2) is 8.78 Å². The fourth-order valence-electron chi connectivity index (χ4n) is 4.79. The molecule has 3 aromatic rings. The molecule has 0 amide bonds. The minimum Gasteiger partial charge on any atom is -0.373 e. The number of oxime groups is 1. The summed E-state index contributed by atoms with van der Waals surface area (Å²) in [6.07, 6.45) is 3.33. The third-order valence-electron chi connectivity index (χ3n) is 6.92. The predicted molar refractivity (Wildman–Crippen MR) is 143 cm³/mol. The Morgan fingerprint density at radius 3 is 2.44 bits per heavy atom. The van der Waals surface area contributed by atoms with Gasteiger partial charge < -0.3 is 24.3 Å². The maximum atomic E-state index is 14.8. The second kappa shape index (κ2) is 11.9. The zero-order chi connectivity index (χ0) is 27.5. The number of rotatable bonds is 9. The van der Waals surface area contributed by atoms with Gasteiger partial charge in [-0.1, -0.05) is 39.6 Å². The summed E-state index contributed by atoms with van der Waals surface area (Å²) in [4.78, 5) is 16.6. The third-order valence-corrected chi connectivity index (χ3v) is 7.55. The van der Waals surface area contributed by atoms with Crippen LogP contribution in [0.3, 0.4) is 0 Å². The molecule has 2 aliphatic rings. The second-order valence-corrected chi connectivity index (χ2v) is 10.2. The molecule has 5 rings (SSSR count). The molecule has 2 heterocycles. The number of hydrogen-bond donors (Lipinski definition) is 1. The maximum absolute atomic E-state index is 14.8. The number of nitrogens with zero attached hydrogens (tertiary/aromatic N) is 3. The quantitative estimate of drug-likeness (QED) is 0.109. The molecule has 2 fully saturated rings. The van der Waals surface area contributed by atoms with Crippen molar-refractivity contribution < 1.29 is 27.7 Å². The standard InChI is InChI=1S/C27H26Cl2F2N4O4/c1-32-27(34-38-14-36)24-21(30)11-16(12-22(24)31)35-9-7-17(8-10-35)37-13-18-25(33-39-26(18)15-5-6-15)23-19(28)3-2-4-20(23)29/h2-4,11-12,14-15,17H,5-10,13H2,1H3,(H,32,34). The van der Waals surface area contributed by atoms with Gasteiger partial charge in [0.1, 0.15) is 23.1 Å². The van der Waals surface area contributed by atoms with Crippen molar-refractivity contribution in [2.45, 2.75) is 44.3 Å². The monoisotopic (exact) mass is 578 g/mol. The largest absolute Gasteiger partial charge is 0.373 e. The van der Waals surface area contributed by atoms with Crippen LogP contribution in [0.1, 0.15) is 48.5 Å². The molecular weight excluding hydrogens is 553 g/mol. The topological polar surface area (TPSA) is 89.2 Å². The van der Waals surface area contributed by atoms with E-state index in [4.69, 9.17) is 32.5 Å². The number of carbonyl (C=O) groups excluding carboxylic acids is 1. The van der Waals surface area contributed by atoms with Crippen LogP contribution in [0.5, 0.6) is 0 Å². The van der Waals surface area contributed by atoms with Crippen LogP contribution >= 0.6 is 23.2 Å². The van der Waals surface area contributed by atoms with Crippen LogP contribution in [0, 0.1) is 11.6 Å². The first-order valence-corrected chi connectivity index (χ1v) is 13.3. The molecule has 0 bridgehead atoms. The molecule has 1 aliphatic heterocycles. The van der Waals surface area contributed by atoms with Gasteiger partial charge in [-0.15, -0.1) is 0 Å². The summed E-state index contributed by atoms with van der Waals surface area (Å²) in [5.41, 5.74) is 2.08. The minimum absolute atomic E-state index is 0.0599. The number of hydrogen-bond acceptors (Lipinski definition) is 7. The van der Waals surface area contributed by atoms with Gasteiger partial charge in [-0.2, -0.15) is 0 Å². The molecule has 1 saturated carbocycles. The Morgan fingerprint density at radius 2 is 1.85 bits per heavy atom. The summed E-state index contributed by atoms with van der Waals surface area (Å²) in [5, 5.41) is 11.2. The van der Waals surface area contributed by atoms with Crippen LogP contribution in [-0.4, -0.2) is 43.7 Å². The first kappa shape index (κ1) is 27.4. The van der Waals surface area contributed by atoms with E-state index in [0.717, 1.165) is 24.2 Å². The van der Waals surface area contributed by atoms with E-state index >= 15 is 0 Å². The van der Waals surface area contributed by atoms with E-state index in [9.17, 15) is 13.6 Å². The number of halogens is 4. The highest BCUT2D eigenvalue weighted by molar-refractivity contribution is 6.39. The van der Waals surface area contributed by atoms with E-state index in [1.54, 1.807) is 18.2 Å². The fourth-order valence-corrected chi connectivity index (χ4v) is 5.37. The number of piperidine rings is 1. The number of nitrogens with one attached hydrogen (secondary N) is 1. The van der Waals surface area contributed by atoms with Crippen LogP contribution in [-0.2, 0) is 21.0 Å². The lowest BCUT2D eigenvalue weighted by Gasteiger charge is -2.33. The summed E-state index contributed by atoms with van der Waals surface area (Å²) in [6.45, 7) is 1.46. The van der Waals surface area contributed by atoms with Crippen LogP contribution in [0.25, 0.3) is 11.3 Å². The average Bonchev–Trinajstić information content (AvgIpc) is 3.69. The van der Waals surface area contributed by atoms with E-state index in [2.05, 4.69) is 20.5 Å². The molecule has 8 nitrogen and oxygen atoms in total. The van der Waals surface area contributed by atoms with Crippen LogP contribution in [0.4, 0.5) is 14.5 Å². The van der Waals surface area contributed by atoms with Crippen LogP contribution < -0.4 is 10.2 Å². The van der Waals surface area contributed by atoms with Gasteiger partial charge in [0.2, 0.25) is 0 Å². The molecule has 1 aromatic heterocycles. The number of aromatic nitrogens is 1. The third kappa shape index (κ3) is 5.88. The summed E-state index contributed by atoms with van der Waals surface area (Å²) in [6, 6.07) is 7.79. The van der Waals surface area contributed by atoms with E-state index in [1.807, 2.05) is 4.90 Å². The van der Waals surface area contributed by atoms with E-state index in [1.165, 1.54) is 19.2 Å². The fraction of sp³-hybridized carbons (Fsp3) is 0.370. The molecule has 0 unspecified atom stereocenters. The molecule has 0 spiro atoms. The molecule has 12 heteroatoms. The van der Waals surface area contributed by atoms with Gasteiger partial charge in [0.15, 0.2) is 5.84 Å². The van der Waals surface area contributed by atoms with Gasteiger partial charge in [0.25, 0.3) is 0 Å². The summed E-state index contributed by atoms with van der Waals surface area (Å²) in [5.74, 6) is -0.743. The van der Waals surface area contributed by atoms with Crippen LogP contribution in [0.15, 0.2) is 40.0 Å². The molecule has 1 saturated heterocycles. The smallest absolute Gasteiger partial charge is 0.323 e. The molecule has 2 aromatic carbocycles. The van der Waals surface area contributed by atoms with Crippen LogP contribution in [0.2, 0.25) is 10.0 Å². The number of ether oxygens (including phenoxy) is 1. The molecule has 0 radical (unpaired) electrons. The van der Waals surface area contributed by atoms with E-state index in [-0.39, 0.29) is 18.4 Å². The first-order valence-electron chi connectivity index (χ1n) is 12.5. The Kier molecular flexibility index (Phi) is 8.34. The molecule has 39 heavy (non-hydrogen) atoms. The average molecular weight is 579 g/mol. The van der Waals surface area contributed by atoms with Crippen molar-refractivity contribution >= 4 is 41.2 Å². The highest BCUT2D eigenvalue weighted by Gasteiger charge is 2.34. The van der Waals surface area contributed by atoms with E-state index < -0.39 is 17.2 Å². The maximum Gasteiger partial charge on any atom is 0.323 e. The Morgan fingerprint density at radius 1 is 1.18 bits per heavy atom. The van der Waals surface area contributed by atoms with Gasteiger partial charge in [0, 0.05) is 42.9 Å². The molecule has 0 atom stereocenters. The Bertz CT molecular complexity index is 1340. The first-order chi connectivity index (χ1) is 18.9. The van der Waals surface area contributed by atoms with Crippen molar-refractivity contribution in [3.63, 3.8) is 0 Å². The lowest BCUT2D eigenvalue weighted by atomic mass is 10.0. The summed E-state index contributed by atoms with van der Waals surface area (Å²) in [7, 11) is 1.42. The van der Waals surface area contributed by atoms with Crippen molar-refractivity contribution in [3.8, 4) is 11.3 Å². The van der Waals surface area contributed by atoms with Crippen molar-refractivity contribution in [1.29, 1.82) is 0 Å². The van der Waals surface area contributed by atoms with Gasteiger partial charge in [0.05, 0.1) is 28.3 Å². The number of anilines is 1. The number of amidine groups is 1. The SMILES string of the molecule is CN/C(=N\OC=O)c1c(F)cc(N2CCC(OCc3c(-c4c(Cl)cccc4Cl)noc3C3CC3)CC2)cc1F. The van der Waals surface area contributed by atoms with Crippen molar-refractivity contribution in [3.05, 3.63) is 68.9 Å². The normalized spacial score (nSPS) is 16.4. The highest BCUT2D eigenvalue weighted by Crippen LogP contribution is 2.46. The van der Waals surface area contributed by atoms with Gasteiger partial charge >= 0.3 is 6.47 Å². The minimum atomic E-state index is -0.822. The van der Waals surface area contributed by atoms with Gasteiger partial charge in [-0.3, -0.25) is 4.79 Å². The van der Waals surface area contributed by atoms with Gasteiger partial charge in [-0.05, 0) is 49.9 Å². The molecule has 206 valence electrons. The summed E-state index contributed by atoms with van der Waals surface area (Å²) >= 11 is 12.9. The summed E-state index contributed by atoms with van der Waals surface area (Å²) < 4.78 is 41.7. The predicted octanol–water partition coefficient (Wildman–Crippen LogP) is 6.04. The van der Waals surface area contributed by atoms with Crippen molar-refractivity contribution in [2.75, 3.05) is 25.0 Å². The zero-order valence-electron chi connectivity index (χ0n) is 21.1. The van der Waals surface area contributed by atoms with Crippen molar-refractivity contribution in [2.24, 2.45) is 5.16 Å². The molecular formula is C27H26Cl2F2N4O4. The lowest BCUT2D eigenvalue weighted by Crippen LogP contribution is -2.37. The number of benzene rings is 2. The molecule has 1 aliphatic carbocycles. The van der Waals surface area contributed by atoms with Crippen molar-refractivity contribution in [1.82, 2.24) is 10.5 Å². The Balaban J connectivity index is 1.26. The Hall–Kier alpha value is -3.21. The second-order valence-electron chi connectivity index (χ2n) is 9.42. The molecule has 1 N–H and O–H groups in total. The Labute approximate surface area is 233 Å².